The Labute approximate surface area is 664 Å². The van der Waals surface area contributed by atoms with Gasteiger partial charge in [-0.3, -0.25) is 47.9 Å². The van der Waals surface area contributed by atoms with Crippen LogP contribution in [0.25, 0.3) is 0 Å². The molecule has 0 spiro atoms. The Kier molecular flexibility index (Phi) is 41.6. The Morgan fingerprint density at radius 2 is 0.957 bits per heavy atom. The van der Waals surface area contributed by atoms with Crippen LogP contribution in [-0.2, 0) is 96.3 Å². The SMILES string of the molecule is C/C=C1/NC(=O)C([C@H](C)O)NC(=O)[C@H](CCNC(=O)OCc2oc(=O)oc2C)NC(=O)C(CCCCNC(=O)OCc2oc(=O)oc2C)NC(=O)C([C@H](O)C(=O)O)NC(=O)[C@H](CC(=O)O)NC(=O)C(CCNC(=O)OCc2oc(=O)oc2C)NC(=O)C(NC(=O)C[C@H](O)CCCCCCCCCCC)COC(=O)C([C@H](O)CCl)NC1=O. The van der Waals surface area contributed by atoms with Gasteiger partial charge >= 0.3 is 53.7 Å². The average Bonchev–Trinajstić information content (AvgIpc) is 1.36. The maximum absolute atomic E-state index is 14.8. The normalized spacial score (nSPS) is 20.6. The van der Waals surface area contributed by atoms with Crippen LogP contribution in [-0.4, -0.2) is 225 Å². The van der Waals surface area contributed by atoms with Crippen LogP contribution in [0.5, 0.6) is 0 Å². The van der Waals surface area contributed by atoms with Gasteiger partial charge in [-0.1, -0.05) is 70.8 Å². The molecule has 46 nitrogen and oxygen atoms in total. The number of aryl methyl sites for hydroxylation is 3. The summed E-state index contributed by atoms with van der Waals surface area (Å²) in [4.78, 5) is 243. The summed E-state index contributed by atoms with van der Waals surface area (Å²) in [6.07, 6.45) is -7.83. The first-order valence-electron chi connectivity index (χ1n) is 36.7. The molecule has 12 atom stereocenters. The lowest BCUT2D eigenvalue weighted by Crippen LogP contribution is -2.63. The van der Waals surface area contributed by atoms with Gasteiger partial charge in [-0.15, -0.1) is 11.6 Å². The summed E-state index contributed by atoms with van der Waals surface area (Å²) >= 11 is 5.99. The van der Waals surface area contributed by atoms with E-state index >= 15 is 0 Å². The van der Waals surface area contributed by atoms with Crippen molar-refractivity contribution in [3.8, 4) is 0 Å². The van der Waals surface area contributed by atoms with Crippen molar-refractivity contribution in [3.05, 3.63) is 78.2 Å². The molecule has 1 fully saturated rings. The molecule has 646 valence electrons. The molecule has 47 heteroatoms. The lowest BCUT2D eigenvalue weighted by molar-refractivity contribution is -0.153. The number of allylic oxidation sites excluding steroid dienone is 1. The third-order valence-corrected chi connectivity index (χ3v) is 17.5. The second-order valence-electron chi connectivity index (χ2n) is 26.3. The molecule has 18 N–H and O–H groups in total. The van der Waals surface area contributed by atoms with Gasteiger partial charge in [0.2, 0.25) is 47.3 Å². The van der Waals surface area contributed by atoms with E-state index < -0.39 is 263 Å². The Morgan fingerprint density at radius 3 is 1.41 bits per heavy atom. The van der Waals surface area contributed by atoms with Crippen molar-refractivity contribution in [3.63, 3.8) is 0 Å². The number of amides is 12. The van der Waals surface area contributed by atoms with Crippen molar-refractivity contribution < 1.29 is 148 Å². The lowest BCUT2D eigenvalue weighted by Gasteiger charge is -2.29. The van der Waals surface area contributed by atoms with Crippen LogP contribution in [0.15, 0.2) is 52.7 Å². The molecule has 6 unspecified atom stereocenters. The Bertz CT molecular complexity index is 4070. The minimum atomic E-state index is -3.06. The van der Waals surface area contributed by atoms with Crippen molar-refractivity contribution in [2.75, 3.05) is 32.1 Å². The number of carbonyl (C=O) groups is 15. The van der Waals surface area contributed by atoms with Gasteiger partial charge in [0.1, 0.15) is 54.6 Å². The summed E-state index contributed by atoms with van der Waals surface area (Å²) < 4.78 is 49.2. The van der Waals surface area contributed by atoms with Crippen molar-refractivity contribution in [2.24, 2.45) is 0 Å². The number of unbranched alkanes of at least 4 members (excludes halogenated alkanes) is 9. The number of halogens is 1. The predicted octanol–water partition coefficient (Wildman–Crippen LogP) is -2.69. The Hall–Kier alpha value is -11.6. The largest absolute Gasteiger partial charge is 0.519 e. The lowest BCUT2D eigenvalue weighted by atomic mass is 10.0. The van der Waals surface area contributed by atoms with Crippen LogP contribution in [0, 0.1) is 20.8 Å². The summed E-state index contributed by atoms with van der Waals surface area (Å²) in [5.74, 6) is -24.4. The first-order chi connectivity index (χ1) is 54.9. The van der Waals surface area contributed by atoms with E-state index in [9.17, 15) is 117 Å². The molecule has 1 saturated heterocycles. The van der Waals surface area contributed by atoms with Gasteiger partial charge in [0.05, 0.1) is 37.0 Å². The maximum Gasteiger partial charge on any atom is 0.519 e. The van der Waals surface area contributed by atoms with Crippen molar-refractivity contribution in [1.82, 2.24) is 63.8 Å². The molecule has 0 bridgehead atoms. The standard InChI is InChI=1S/C69H99ClN12O34/c1-7-9-10-11-12-13-14-15-16-19-37(84)26-48(86)74-43-29-107-63(100)51(44(85)28-70)81-54(90)38(8-2)75-60(96)50(33(3)83)80-57(93)41(22-25-73-66(103)110-32-47-36(6)113-69(106)116-47)76-55(91)39(20-17-18-23-71-64(101)108-30-45-34(4)111-67(104)114-45)78-61(97)52(53(89)62(98)99)82-58(94)42(27-49(87)88)79-56(92)40(77-59(43)95)21-24-72-65(102)109-31-46-35(5)112-68(105)115-46/h8,33,37,39-44,50-53,83-85,89H,7,9-32H2,1-6H3,(H,71,101)(H,72,102)(H,73,103)(H,74,86)(H,75,96)(H,76,91)(H,77,95)(H,78,97)(H,79,92)(H,80,93)(H,81,90)(H,82,94)(H,87,88)(H,98,99)/b38-8+/t33-,37+,39?,40?,41-,42-,43?,44+,50?,51?,52?,53-/m0/s1. The highest BCUT2D eigenvalue weighted by Gasteiger charge is 2.41. The zero-order valence-electron chi connectivity index (χ0n) is 64.2. The molecule has 1 aliphatic heterocycles. The van der Waals surface area contributed by atoms with Gasteiger partial charge in [-0.25, -0.2) is 38.4 Å². The molecule has 4 heterocycles. The van der Waals surface area contributed by atoms with Gasteiger partial charge in [0.25, 0.3) is 5.91 Å². The van der Waals surface area contributed by atoms with E-state index in [1.807, 2.05) is 10.6 Å². The summed E-state index contributed by atoms with van der Waals surface area (Å²) in [5, 5.41) is 90.5. The molecule has 3 aromatic rings. The minimum Gasteiger partial charge on any atom is -0.481 e. The number of cyclic esters (lactones) is 1. The van der Waals surface area contributed by atoms with E-state index in [2.05, 4.69) is 60.1 Å². The number of aliphatic carboxylic acids is 2. The summed E-state index contributed by atoms with van der Waals surface area (Å²) in [5.41, 5.74) is -0.794. The first kappa shape index (κ1) is 96.7. The highest BCUT2D eigenvalue weighted by molar-refractivity contribution is 6.18. The third kappa shape index (κ3) is 34.2. The van der Waals surface area contributed by atoms with Gasteiger partial charge in [0, 0.05) is 19.6 Å². The number of alkyl carbamates (subject to hydrolysis) is 3. The van der Waals surface area contributed by atoms with Crippen LogP contribution < -0.4 is 81.3 Å². The second kappa shape index (κ2) is 49.9. The van der Waals surface area contributed by atoms with E-state index in [0.717, 1.165) is 64.9 Å². The Balaban J connectivity index is 1.87. The zero-order valence-corrected chi connectivity index (χ0v) is 64.9. The molecule has 0 saturated carbocycles. The molecular weight excluding hydrogens is 1580 g/mol. The number of aliphatic hydroxyl groups is 4. The monoisotopic (exact) mass is 1670 g/mol. The molecule has 0 aromatic carbocycles. The highest BCUT2D eigenvalue weighted by Crippen LogP contribution is 2.16. The zero-order chi connectivity index (χ0) is 86.3. The summed E-state index contributed by atoms with van der Waals surface area (Å²) in [6.45, 7) is 3.13. The number of carboxylic acid groups (broad SMARTS) is 2. The molecular formula is C69H99ClN12O34. The topological polar surface area (TPSA) is 689 Å². The van der Waals surface area contributed by atoms with E-state index in [-0.39, 0.29) is 60.4 Å². The molecule has 12 amide bonds. The van der Waals surface area contributed by atoms with E-state index in [1.54, 1.807) is 0 Å². The number of alkyl halides is 1. The maximum atomic E-state index is 14.8. The van der Waals surface area contributed by atoms with Crippen molar-refractivity contribution in [1.29, 1.82) is 0 Å². The van der Waals surface area contributed by atoms with Crippen molar-refractivity contribution in [2.45, 2.75) is 243 Å². The number of hydrogen-bond acceptors (Lipinski definition) is 32. The number of ether oxygens (including phenoxy) is 4. The van der Waals surface area contributed by atoms with E-state index in [1.165, 1.54) is 20.8 Å². The van der Waals surface area contributed by atoms with E-state index in [4.69, 9.17) is 57.1 Å². The number of carboxylic acids is 2. The number of carbonyl (C=O) groups excluding carboxylic acids is 13. The van der Waals surface area contributed by atoms with Gasteiger partial charge in [-0.05, 0) is 73.1 Å². The molecule has 116 heavy (non-hydrogen) atoms. The summed E-state index contributed by atoms with van der Waals surface area (Å²) in [6, 6.07) is -18.3. The molecule has 1 aliphatic rings. The number of esters is 1. The predicted molar refractivity (Wildman–Crippen MR) is 389 cm³/mol. The molecule has 0 radical (unpaired) electrons. The van der Waals surface area contributed by atoms with Crippen LogP contribution in [0.2, 0.25) is 0 Å². The second-order valence-corrected chi connectivity index (χ2v) is 26.6. The number of nitrogens with one attached hydrogen (secondary N) is 12. The van der Waals surface area contributed by atoms with Gasteiger partial charge in [-0.2, -0.15) is 0 Å². The van der Waals surface area contributed by atoms with Crippen molar-refractivity contribution >= 4 is 101 Å². The number of hydrogen-bond donors (Lipinski definition) is 18. The molecule has 0 aliphatic carbocycles. The van der Waals surface area contributed by atoms with Gasteiger partial charge in [0.15, 0.2) is 66.5 Å². The summed E-state index contributed by atoms with van der Waals surface area (Å²) in [7, 11) is 0. The average molecular weight is 1680 g/mol. The third-order valence-electron chi connectivity index (χ3n) is 17.2. The Morgan fingerprint density at radius 1 is 0.517 bits per heavy atom. The molecule has 3 aromatic heterocycles. The molecule has 4 rings (SSSR count). The van der Waals surface area contributed by atoms with Crippen LogP contribution in [0.1, 0.15) is 164 Å². The number of rotatable bonds is 37. The first-order valence-corrected chi connectivity index (χ1v) is 37.3. The van der Waals surface area contributed by atoms with Crippen LogP contribution in [0.3, 0.4) is 0 Å². The highest BCUT2D eigenvalue weighted by atomic mass is 35.5. The van der Waals surface area contributed by atoms with Crippen LogP contribution in [0.4, 0.5) is 14.4 Å². The fourth-order valence-electron chi connectivity index (χ4n) is 10.8. The quantitative estimate of drug-likeness (QED) is 0.00919. The fourth-order valence-corrected chi connectivity index (χ4v) is 10.9. The number of aliphatic hydroxyl groups excluding tert-OH is 4. The fraction of sp³-hybridized carbons (Fsp3) is 0.623. The van der Waals surface area contributed by atoms with E-state index in [0.29, 0.717) is 12.8 Å². The minimum absolute atomic E-state index is 0.0131. The smallest absolute Gasteiger partial charge is 0.481 e. The van der Waals surface area contributed by atoms with Gasteiger partial charge < -0.3 is 140 Å². The van der Waals surface area contributed by atoms with Crippen LogP contribution >= 0.6 is 11.6 Å².